The Hall–Kier alpha value is -0.780. The van der Waals surface area contributed by atoms with Gasteiger partial charge >= 0.3 is 0 Å². The zero-order valence-corrected chi connectivity index (χ0v) is 7.50. The Morgan fingerprint density at radius 3 is 3.17 bits per heavy atom. The average Bonchev–Trinajstić information content (AvgIpc) is 2.17. The van der Waals surface area contributed by atoms with Crippen LogP contribution in [0.25, 0.3) is 0 Å². The Bertz CT molecular complexity index is 232. The predicted molar refractivity (Wildman–Crippen MR) is 52.9 cm³/mol. The molecule has 0 bridgehead atoms. The molecule has 0 nitrogen and oxygen atoms in total. The molecule has 0 aliphatic heterocycles. The summed E-state index contributed by atoms with van der Waals surface area (Å²) < 4.78 is 0. The lowest BCUT2D eigenvalue weighted by atomic mass is 9.74. The number of hydrogen-bond acceptors (Lipinski definition) is 0. The second-order valence-electron chi connectivity index (χ2n) is 3.75. The van der Waals surface area contributed by atoms with E-state index in [1.54, 1.807) is 5.57 Å². The smallest absolute Gasteiger partial charge is 0.00397 e. The quantitative estimate of drug-likeness (QED) is 0.515. The lowest BCUT2D eigenvalue weighted by Gasteiger charge is -2.30. The van der Waals surface area contributed by atoms with Crippen molar-refractivity contribution in [2.75, 3.05) is 0 Å². The summed E-state index contributed by atoms with van der Waals surface area (Å²) in [5, 5.41) is 0. The first-order chi connectivity index (χ1) is 5.92. The van der Waals surface area contributed by atoms with E-state index in [0.29, 0.717) is 11.8 Å². The fourth-order valence-corrected chi connectivity index (χ4v) is 2.34. The topological polar surface area (TPSA) is 0 Å². The van der Waals surface area contributed by atoms with Crippen molar-refractivity contribution < 1.29 is 0 Å². The van der Waals surface area contributed by atoms with Crippen LogP contribution in [0.5, 0.6) is 0 Å². The van der Waals surface area contributed by atoms with Crippen molar-refractivity contribution in [3.63, 3.8) is 0 Å². The molecule has 0 N–H and O–H groups in total. The van der Waals surface area contributed by atoms with Crippen LogP contribution in [-0.2, 0) is 0 Å². The normalized spacial score (nSPS) is 33.8. The van der Waals surface area contributed by atoms with Gasteiger partial charge in [0.15, 0.2) is 0 Å². The van der Waals surface area contributed by atoms with Crippen molar-refractivity contribution in [3.8, 4) is 0 Å². The number of rotatable bonds is 1. The highest BCUT2D eigenvalue weighted by Crippen LogP contribution is 2.37. The SMILES string of the molecule is C=C[C@@H]1CCC=C2CCC=CC21. The Morgan fingerprint density at radius 1 is 1.42 bits per heavy atom. The molecule has 0 aromatic carbocycles. The zero-order valence-electron chi connectivity index (χ0n) is 7.50. The van der Waals surface area contributed by atoms with E-state index in [1.807, 2.05) is 0 Å². The zero-order chi connectivity index (χ0) is 8.39. The molecule has 1 unspecified atom stereocenters. The monoisotopic (exact) mass is 160 g/mol. The van der Waals surface area contributed by atoms with E-state index in [-0.39, 0.29) is 0 Å². The van der Waals surface area contributed by atoms with Crippen LogP contribution in [0, 0.1) is 11.8 Å². The molecule has 2 atom stereocenters. The number of allylic oxidation sites excluding steroid dienone is 5. The van der Waals surface area contributed by atoms with E-state index in [9.17, 15) is 0 Å². The van der Waals surface area contributed by atoms with Crippen LogP contribution in [0.1, 0.15) is 25.7 Å². The van der Waals surface area contributed by atoms with Crippen LogP contribution in [0.2, 0.25) is 0 Å². The van der Waals surface area contributed by atoms with Crippen molar-refractivity contribution in [3.05, 3.63) is 36.5 Å². The molecule has 0 saturated carbocycles. The molecular formula is C12H16. The molecule has 0 aromatic heterocycles. The maximum Gasteiger partial charge on any atom is 0.00397 e. The number of fused-ring (bicyclic) bond motifs is 1. The third-order valence-electron chi connectivity index (χ3n) is 3.04. The summed E-state index contributed by atoms with van der Waals surface area (Å²) in [5.41, 5.74) is 1.66. The third kappa shape index (κ3) is 1.26. The predicted octanol–water partition coefficient (Wildman–Crippen LogP) is 3.48. The van der Waals surface area contributed by atoms with Gasteiger partial charge in [-0.15, -0.1) is 6.58 Å². The molecule has 0 heterocycles. The van der Waals surface area contributed by atoms with Crippen LogP contribution in [0.4, 0.5) is 0 Å². The van der Waals surface area contributed by atoms with E-state index in [1.165, 1.54) is 25.7 Å². The summed E-state index contributed by atoms with van der Waals surface area (Å²) in [4.78, 5) is 0. The molecule has 12 heavy (non-hydrogen) atoms. The van der Waals surface area contributed by atoms with E-state index >= 15 is 0 Å². The van der Waals surface area contributed by atoms with E-state index in [4.69, 9.17) is 0 Å². The summed E-state index contributed by atoms with van der Waals surface area (Å²) in [7, 11) is 0. The summed E-state index contributed by atoms with van der Waals surface area (Å²) in [6.45, 7) is 3.91. The van der Waals surface area contributed by atoms with Gasteiger partial charge in [-0.3, -0.25) is 0 Å². The number of hydrogen-bond donors (Lipinski definition) is 0. The van der Waals surface area contributed by atoms with E-state index in [0.717, 1.165) is 0 Å². The molecule has 0 spiro atoms. The maximum absolute atomic E-state index is 3.91. The van der Waals surface area contributed by atoms with Gasteiger partial charge in [-0.2, -0.15) is 0 Å². The minimum Gasteiger partial charge on any atom is -0.103 e. The Morgan fingerprint density at radius 2 is 2.33 bits per heavy atom. The molecule has 2 rings (SSSR count). The molecule has 0 aromatic rings. The lowest BCUT2D eigenvalue weighted by Crippen LogP contribution is -2.18. The highest BCUT2D eigenvalue weighted by Gasteiger charge is 2.24. The molecule has 0 heteroatoms. The van der Waals surface area contributed by atoms with Crippen molar-refractivity contribution in [1.29, 1.82) is 0 Å². The minimum absolute atomic E-state index is 0.699. The van der Waals surface area contributed by atoms with Gasteiger partial charge in [0.2, 0.25) is 0 Å². The maximum atomic E-state index is 3.91. The molecule has 64 valence electrons. The fourth-order valence-electron chi connectivity index (χ4n) is 2.34. The third-order valence-corrected chi connectivity index (χ3v) is 3.04. The first kappa shape index (κ1) is 7.85. The summed E-state index contributed by atoms with van der Waals surface area (Å²) in [6, 6.07) is 0. The first-order valence-corrected chi connectivity index (χ1v) is 4.90. The minimum atomic E-state index is 0.699. The van der Waals surface area contributed by atoms with E-state index < -0.39 is 0 Å². The molecule has 2 aliphatic rings. The lowest BCUT2D eigenvalue weighted by molar-refractivity contribution is 0.453. The van der Waals surface area contributed by atoms with Gasteiger partial charge in [0, 0.05) is 5.92 Å². The van der Waals surface area contributed by atoms with E-state index in [2.05, 4.69) is 30.9 Å². The van der Waals surface area contributed by atoms with Gasteiger partial charge in [0.1, 0.15) is 0 Å². The molecule has 0 radical (unpaired) electrons. The van der Waals surface area contributed by atoms with Gasteiger partial charge in [-0.1, -0.05) is 29.9 Å². The molecular weight excluding hydrogens is 144 g/mol. The van der Waals surface area contributed by atoms with Crippen molar-refractivity contribution >= 4 is 0 Å². The van der Waals surface area contributed by atoms with Crippen LogP contribution < -0.4 is 0 Å². The Balaban J connectivity index is 2.24. The standard InChI is InChI=1S/C12H16/c1-2-10-7-5-8-11-6-3-4-9-12(10)11/h2,4,8-10,12H,1,3,5-7H2/t10-,12?/m1/s1. The van der Waals surface area contributed by atoms with Crippen molar-refractivity contribution in [2.24, 2.45) is 11.8 Å². The van der Waals surface area contributed by atoms with Crippen LogP contribution in [-0.4, -0.2) is 0 Å². The molecule has 0 fully saturated rings. The van der Waals surface area contributed by atoms with Gasteiger partial charge in [-0.05, 0) is 31.6 Å². The van der Waals surface area contributed by atoms with Gasteiger partial charge in [0.25, 0.3) is 0 Å². The van der Waals surface area contributed by atoms with Crippen molar-refractivity contribution in [2.45, 2.75) is 25.7 Å². The molecule has 0 saturated heterocycles. The van der Waals surface area contributed by atoms with Gasteiger partial charge < -0.3 is 0 Å². The Labute approximate surface area is 74.7 Å². The largest absolute Gasteiger partial charge is 0.103 e. The van der Waals surface area contributed by atoms with Crippen LogP contribution >= 0.6 is 0 Å². The van der Waals surface area contributed by atoms with Crippen molar-refractivity contribution in [1.82, 2.24) is 0 Å². The highest BCUT2D eigenvalue weighted by molar-refractivity contribution is 5.23. The molecule has 0 amide bonds. The summed E-state index contributed by atoms with van der Waals surface area (Å²) >= 11 is 0. The fraction of sp³-hybridized carbons (Fsp3) is 0.500. The first-order valence-electron chi connectivity index (χ1n) is 4.90. The van der Waals surface area contributed by atoms with Crippen LogP contribution in [0.15, 0.2) is 36.5 Å². The van der Waals surface area contributed by atoms with Gasteiger partial charge in [0.05, 0.1) is 0 Å². The highest BCUT2D eigenvalue weighted by atomic mass is 14.3. The Kier molecular flexibility index (Phi) is 2.16. The van der Waals surface area contributed by atoms with Crippen LogP contribution in [0.3, 0.4) is 0 Å². The second kappa shape index (κ2) is 3.30. The molecule has 2 aliphatic carbocycles. The summed E-state index contributed by atoms with van der Waals surface area (Å²) in [5.74, 6) is 1.41. The summed E-state index contributed by atoms with van der Waals surface area (Å²) in [6.07, 6.45) is 14.3. The second-order valence-corrected chi connectivity index (χ2v) is 3.75. The van der Waals surface area contributed by atoms with Gasteiger partial charge in [-0.25, -0.2) is 0 Å². The average molecular weight is 160 g/mol.